The fourth-order valence-corrected chi connectivity index (χ4v) is 4.70. The van der Waals surface area contributed by atoms with Gasteiger partial charge in [-0.2, -0.15) is 0 Å². The average molecular weight is 319 g/mol. The highest BCUT2D eigenvalue weighted by atomic mass is 35.5. The molecule has 1 aromatic heterocycles. The van der Waals surface area contributed by atoms with Gasteiger partial charge < -0.3 is 10.6 Å². The van der Waals surface area contributed by atoms with Crippen molar-refractivity contribution in [3.63, 3.8) is 0 Å². The van der Waals surface area contributed by atoms with Crippen molar-refractivity contribution in [2.75, 3.05) is 5.32 Å². The summed E-state index contributed by atoms with van der Waals surface area (Å²) in [5.74, 6) is 0.0214. The molecule has 1 amide bonds. The third-order valence-electron chi connectivity index (χ3n) is 4.17. The summed E-state index contributed by atoms with van der Waals surface area (Å²) < 4.78 is 0. The van der Waals surface area contributed by atoms with Crippen LogP contribution in [0.25, 0.3) is 0 Å². The van der Waals surface area contributed by atoms with E-state index in [0.717, 1.165) is 29.0 Å². The van der Waals surface area contributed by atoms with E-state index in [0.29, 0.717) is 5.02 Å². The van der Waals surface area contributed by atoms with Crippen LogP contribution in [0.5, 0.6) is 0 Å². The van der Waals surface area contributed by atoms with E-state index in [2.05, 4.69) is 10.6 Å². The molecule has 5 heteroatoms. The Morgan fingerprint density at radius 1 is 1.14 bits per heavy atom. The maximum absolute atomic E-state index is 12.5. The molecule has 0 radical (unpaired) electrons. The van der Waals surface area contributed by atoms with E-state index < -0.39 is 0 Å². The molecule has 0 unspecified atom stereocenters. The first-order chi connectivity index (χ1) is 10.2. The van der Waals surface area contributed by atoms with E-state index in [1.54, 1.807) is 11.3 Å². The van der Waals surface area contributed by atoms with E-state index >= 15 is 0 Å². The van der Waals surface area contributed by atoms with Gasteiger partial charge in [-0.1, -0.05) is 29.8 Å². The summed E-state index contributed by atoms with van der Waals surface area (Å²) in [6, 6.07) is 7.62. The Hall–Kier alpha value is -1.52. The summed E-state index contributed by atoms with van der Waals surface area (Å²) in [6.45, 7) is 0. The van der Waals surface area contributed by atoms with Gasteiger partial charge >= 0.3 is 0 Å². The molecule has 4 rings (SSSR count). The van der Waals surface area contributed by atoms with Crippen LogP contribution in [-0.2, 0) is 12.8 Å². The molecule has 1 aliphatic carbocycles. The van der Waals surface area contributed by atoms with Gasteiger partial charge in [0.05, 0.1) is 5.56 Å². The minimum absolute atomic E-state index is 0.0214. The normalized spacial score (nSPS) is 20.2. The van der Waals surface area contributed by atoms with Crippen molar-refractivity contribution >= 4 is 33.8 Å². The van der Waals surface area contributed by atoms with Crippen LogP contribution in [0.4, 0.5) is 5.00 Å². The number of rotatable bonds is 1. The number of amides is 1. The Balaban J connectivity index is 1.74. The fraction of sp³-hybridized carbons (Fsp3) is 0.312. The van der Waals surface area contributed by atoms with Gasteiger partial charge in [0.25, 0.3) is 5.91 Å². The third-order valence-corrected chi connectivity index (χ3v) is 5.73. The minimum Gasteiger partial charge on any atom is -0.353 e. The maximum Gasteiger partial charge on any atom is 0.256 e. The summed E-state index contributed by atoms with van der Waals surface area (Å²) in [7, 11) is 0. The number of benzene rings is 1. The van der Waals surface area contributed by atoms with Crippen molar-refractivity contribution in [1.82, 2.24) is 5.32 Å². The highest BCUT2D eigenvalue weighted by Crippen LogP contribution is 2.41. The summed E-state index contributed by atoms with van der Waals surface area (Å²) in [4.78, 5) is 13.9. The molecule has 2 N–H and O–H groups in total. The predicted molar refractivity (Wildman–Crippen MR) is 86.2 cm³/mol. The smallest absolute Gasteiger partial charge is 0.256 e. The lowest BCUT2D eigenvalue weighted by molar-refractivity contribution is 0.0935. The largest absolute Gasteiger partial charge is 0.353 e. The molecule has 0 fully saturated rings. The molecule has 0 bridgehead atoms. The monoisotopic (exact) mass is 318 g/mol. The van der Waals surface area contributed by atoms with Gasteiger partial charge in [-0.3, -0.25) is 4.79 Å². The number of hydrogen-bond acceptors (Lipinski definition) is 3. The van der Waals surface area contributed by atoms with Crippen LogP contribution >= 0.6 is 22.9 Å². The molecule has 0 saturated carbocycles. The van der Waals surface area contributed by atoms with Crippen LogP contribution in [-0.4, -0.2) is 5.91 Å². The molecule has 2 heterocycles. The van der Waals surface area contributed by atoms with Crippen molar-refractivity contribution in [2.45, 2.75) is 31.8 Å². The second-order valence-electron chi connectivity index (χ2n) is 5.49. The van der Waals surface area contributed by atoms with Crippen molar-refractivity contribution in [3.05, 3.63) is 50.9 Å². The maximum atomic E-state index is 12.5. The lowest BCUT2D eigenvalue weighted by atomic mass is 9.94. The van der Waals surface area contributed by atoms with E-state index in [4.69, 9.17) is 11.6 Å². The zero-order chi connectivity index (χ0) is 14.4. The molecule has 2 aromatic rings. The second-order valence-corrected chi connectivity index (χ2v) is 7.00. The van der Waals surface area contributed by atoms with E-state index in [1.165, 1.54) is 23.3 Å². The lowest BCUT2D eigenvalue weighted by Crippen LogP contribution is -2.38. The van der Waals surface area contributed by atoms with Crippen molar-refractivity contribution < 1.29 is 4.79 Å². The Bertz CT molecular complexity index is 725. The fourth-order valence-electron chi connectivity index (χ4n) is 3.14. The highest BCUT2D eigenvalue weighted by Gasteiger charge is 2.32. The SMILES string of the molecule is O=C1N[C@@H](c2ccccc2Cl)Nc2sc3c(c21)CCCC3. The second kappa shape index (κ2) is 5.04. The standard InChI is InChI=1S/C16H15ClN2OS/c17-11-7-3-1-5-9(11)14-18-15(20)13-10-6-2-4-8-12(10)21-16(13)19-14/h1,3,5,7,14,19H,2,4,6,8H2,(H,18,20)/t14-/m1/s1. The van der Waals surface area contributed by atoms with Gasteiger partial charge in [0.15, 0.2) is 0 Å². The minimum atomic E-state index is -0.251. The number of thiophene rings is 1. The molecular weight excluding hydrogens is 304 g/mol. The Morgan fingerprint density at radius 3 is 2.81 bits per heavy atom. The highest BCUT2D eigenvalue weighted by molar-refractivity contribution is 7.16. The first kappa shape index (κ1) is 13.2. The van der Waals surface area contributed by atoms with Gasteiger partial charge in [-0.15, -0.1) is 11.3 Å². The number of hydrogen-bond donors (Lipinski definition) is 2. The molecule has 21 heavy (non-hydrogen) atoms. The van der Waals surface area contributed by atoms with E-state index in [-0.39, 0.29) is 12.1 Å². The molecule has 1 atom stereocenters. The molecule has 1 aliphatic heterocycles. The Labute approximate surface area is 132 Å². The molecule has 0 saturated heterocycles. The molecule has 2 aliphatic rings. The van der Waals surface area contributed by atoms with Gasteiger partial charge in [0.2, 0.25) is 0 Å². The molecule has 108 valence electrons. The van der Waals surface area contributed by atoms with Gasteiger partial charge in [-0.05, 0) is 37.3 Å². The van der Waals surface area contributed by atoms with Crippen molar-refractivity contribution in [1.29, 1.82) is 0 Å². The molecular formula is C16H15ClN2OS. The third kappa shape index (κ3) is 2.14. The van der Waals surface area contributed by atoms with E-state index in [1.807, 2.05) is 24.3 Å². The molecule has 1 aromatic carbocycles. The van der Waals surface area contributed by atoms with Crippen LogP contribution in [0, 0.1) is 0 Å². The molecule has 3 nitrogen and oxygen atoms in total. The zero-order valence-corrected chi connectivity index (χ0v) is 13.0. The number of carbonyl (C=O) groups is 1. The van der Waals surface area contributed by atoms with Crippen LogP contribution in [0.15, 0.2) is 24.3 Å². The Morgan fingerprint density at radius 2 is 1.95 bits per heavy atom. The Kier molecular flexibility index (Phi) is 3.16. The summed E-state index contributed by atoms with van der Waals surface area (Å²) in [5, 5.41) is 8.14. The number of nitrogens with one attached hydrogen (secondary N) is 2. The summed E-state index contributed by atoms with van der Waals surface area (Å²) in [6.07, 6.45) is 4.27. The van der Waals surface area contributed by atoms with Crippen LogP contribution in [0.3, 0.4) is 0 Å². The number of halogens is 1. The average Bonchev–Trinajstić information content (AvgIpc) is 2.86. The van der Waals surface area contributed by atoms with Crippen LogP contribution in [0.2, 0.25) is 5.02 Å². The van der Waals surface area contributed by atoms with Crippen molar-refractivity contribution in [3.8, 4) is 0 Å². The summed E-state index contributed by atoms with van der Waals surface area (Å²) >= 11 is 7.98. The van der Waals surface area contributed by atoms with E-state index in [9.17, 15) is 4.79 Å². The number of carbonyl (C=O) groups excluding carboxylic acids is 1. The van der Waals surface area contributed by atoms with Crippen LogP contribution < -0.4 is 10.6 Å². The van der Waals surface area contributed by atoms with Gasteiger partial charge in [0.1, 0.15) is 11.2 Å². The molecule has 0 spiro atoms. The summed E-state index contributed by atoms with van der Waals surface area (Å²) in [5.41, 5.74) is 3.02. The first-order valence-corrected chi connectivity index (χ1v) is 8.40. The number of anilines is 1. The zero-order valence-electron chi connectivity index (χ0n) is 11.4. The van der Waals surface area contributed by atoms with Crippen molar-refractivity contribution in [2.24, 2.45) is 0 Å². The number of aryl methyl sites for hydroxylation is 1. The predicted octanol–water partition coefficient (Wildman–Crippen LogP) is 4.13. The topological polar surface area (TPSA) is 41.1 Å². The quantitative estimate of drug-likeness (QED) is 0.830. The van der Waals surface area contributed by atoms with Gasteiger partial charge in [-0.25, -0.2) is 0 Å². The number of fused-ring (bicyclic) bond motifs is 3. The van der Waals surface area contributed by atoms with Gasteiger partial charge in [0, 0.05) is 15.5 Å². The van der Waals surface area contributed by atoms with Crippen LogP contribution in [0.1, 0.15) is 45.4 Å². The first-order valence-electron chi connectivity index (χ1n) is 7.20. The lowest BCUT2D eigenvalue weighted by Gasteiger charge is -2.27.